The van der Waals surface area contributed by atoms with E-state index in [1.807, 2.05) is 0 Å². The normalized spacial score (nSPS) is 5.14. The van der Waals surface area contributed by atoms with E-state index in [1.165, 1.54) is 6.42 Å². The third-order valence-corrected chi connectivity index (χ3v) is 0. The maximum Gasteiger partial charge on any atom is 0.0228 e. The third-order valence-electron chi connectivity index (χ3n) is 0. The molecule has 0 nitrogen and oxygen atoms in total. The van der Waals surface area contributed by atoms with Crippen molar-refractivity contribution in [1.82, 2.24) is 0 Å². The highest BCUT2D eigenvalue weighted by atomic mass is 13.4. The zero-order valence-electron chi connectivity index (χ0n) is 23.1. The fraction of sp³-hybridized carbons (Fsp3) is 0.862. The van der Waals surface area contributed by atoms with E-state index in [0.29, 0.717) is 34.5 Å². The highest BCUT2D eigenvalue weighted by molar-refractivity contribution is 4.73. The van der Waals surface area contributed by atoms with Gasteiger partial charge in [0.15, 0.2) is 0 Å². The van der Waals surface area contributed by atoms with Gasteiger partial charge in [-0.2, -0.15) is 0 Å². The van der Waals surface area contributed by atoms with E-state index in [-0.39, 0.29) is 74.2 Å². The molecule has 0 heteroatoms. The number of terminal acetylenes is 2. The van der Waals surface area contributed by atoms with Crippen LogP contribution in [-0.4, -0.2) is 0 Å². The van der Waals surface area contributed by atoms with Crippen molar-refractivity contribution in [3.63, 3.8) is 0 Å². The summed E-state index contributed by atoms with van der Waals surface area (Å²) in [6, 6.07) is 0. The van der Waals surface area contributed by atoms with E-state index in [0.717, 1.165) is 0 Å². The maximum absolute atomic E-state index is 6.21. The van der Waals surface area contributed by atoms with Crippen molar-refractivity contribution in [3.8, 4) is 24.7 Å². The summed E-state index contributed by atoms with van der Waals surface area (Å²) in [5.74, 6) is 4.50. The molecule has 0 aliphatic rings. The van der Waals surface area contributed by atoms with E-state index < -0.39 is 0 Å². The Balaban J connectivity index is -0.00000000614. The van der Waals surface area contributed by atoms with Crippen LogP contribution in [0, 0.1) is 24.7 Å². The molecule has 0 spiro atoms. The SMILES string of the molecule is C.C.C.C.C.C.C.C.C.C#CC.C#CC.CCC.[3H]CC.[3H]CC.[3H]CC.[3H]CC.[3H]CC.[3H]C[3H]. The number of hydrogen-bond acceptors (Lipinski definition) is 0. The Morgan fingerprint density at radius 3 is 0.552 bits per heavy atom. The van der Waals surface area contributed by atoms with Crippen LogP contribution in [-0.2, 0) is 0 Å². The minimum Gasteiger partial charge on any atom is -0.120 e. The molecule has 29 heavy (non-hydrogen) atoms. The summed E-state index contributed by atoms with van der Waals surface area (Å²) in [5.41, 5.74) is 0. The van der Waals surface area contributed by atoms with Crippen LogP contribution in [0.2, 0.25) is 0 Å². The monoisotopic (exact) mass is 449 g/mol. The second kappa shape index (κ2) is 4120. The first-order chi connectivity index (χ1) is 12.7. The van der Waals surface area contributed by atoms with Crippen molar-refractivity contribution in [2.75, 3.05) is 0 Å². The van der Waals surface area contributed by atoms with Gasteiger partial charge in [-0.05, 0) is 13.8 Å². The summed E-state index contributed by atoms with van der Waals surface area (Å²) in [6.07, 6.45) is 10.4. The van der Waals surface area contributed by atoms with Crippen LogP contribution in [0.25, 0.3) is 0 Å². The molecule has 0 atom stereocenters. The van der Waals surface area contributed by atoms with Crippen LogP contribution in [0.3, 0.4) is 0 Å². The molecule has 0 radical (unpaired) electrons. The zero-order valence-corrected chi connectivity index (χ0v) is 16.1. The fourth-order valence-electron chi connectivity index (χ4n) is 0. The Kier molecular flexibility index (Phi) is 10000. The molecule has 0 saturated heterocycles. The first-order valence-electron chi connectivity index (χ1n) is 11.5. The zero-order chi connectivity index (χ0) is 24.4. The molecule has 0 aliphatic heterocycles. The standard InChI is InChI=1S/C3H8.2C3H4.5C2H6.10CH4/c3*1-3-2;5*1-2;;;;;;;;;;/h3H2,1-2H3;2*1H,2H3;5*1-2H3;10*1H4/i;;;5*1T;1T2;;;;;;;;;. The molecule has 0 unspecified atom stereocenters. The summed E-state index contributed by atoms with van der Waals surface area (Å²) >= 11 is 0. The first-order valence-corrected chi connectivity index (χ1v) is 6.53. The van der Waals surface area contributed by atoms with Gasteiger partial charge in [-0.3, -0.25) is 0 Å². The van der Waals surface area contributed by atoms with Crippen molar-refractivity contribution >= 4 is 0 Å². The molecule has 0 rings (SSSR count). The minimum atomic E-state index is -0.250. The molecule has 0 saturated carbocycles. The Morgan fingerprint density at radius 2 is 0.552 bits per heavy atom. The third kappa shape index (κ3) is 22100. The van der Waals surface area contributed by atoms with Gasteiger partial charge in [-0.1, -0.05) is 164 Å². The predicted octanol–water partition coefficient (Wildman–Crippen LogP) is 14.2. The summed E-state index contributed by atoms with van der Waals surface area (Å²) in [4.78, 5) is 0. The highest BCUT2D eigenvalue weighted by Gasteiger charge is 1.35. The quantitative estimate of drug-likeness (QED) is 0.323. The van der Waals surface area contributed by atoms with Gasteiger partial charge >= 0.3 is 0 Å². The van der Waals surface area contributed by atoms with Crippen LogP contribution in [0.1, 0.15) is 187 Å². The van der Waals surface area contributed by atoms with Gasteiger partial charge in [-0.15, -0.1) is 24.7 Å². The van der Waals surface area contributed by atoms with Crippen molar-refractivity contribution in [2.24, 2.45) is 0 Å². The van der Waals surface area contributed by atoms with Gasteiger partial charge in [0.25, 0.3) is 0 Å². The molecular weight excluding hydrogens is 348 g/mol. The molecular formula is C29H86. The lowest BCUT2D eigenvalue weighted by Crippen LogP contribution is -1.27. The second-order valence-electron chi connectivity index (χ2n) is 1.28. The molecule has 0 bridgehead atoms. The average molecular weight is 449 g/mol. The summed E-state index contributed by atoms with van der Waals surface area (Å²) < 4.78 is 42.8. The van der Waals surface area contributed by atoms with Crippen LogP contribution >= 0.6 is 0 Å². The van der Waals surface area contributed by atoms with Crippen molar-refractivity contribution in [3.05, 3.63) is 0 Å². The molecule has 0 aromatic heterocycles. The summed E-state index contributed by atoms with van der Waals surface area (Å²) in [5, 5.41) is 0. The lowest BCUT2D eigenvalue weighted by atomic mass is 10.6. The first kappa shape index (κ1) is 70.6. The van der Waals surface area contributed by atoms with Crippen LogP contribution in [0.5, 0.6) is 0 Å². The van der Waals surface area contributed by atoms with Gasteiger partial charge in [0.05, 0.1) is 0 Å². The Labute approximate surface area is 212 Å². The maximum atomic E-state index is 6.21. The van der Waals surface area contributed by atoms with Crippen molar-refractivity contribution in [1.29, 1.82) is 0 Å². The summed E-state index contributed by atoms with van der Waals surface area (Å²) in [7, 11) is -0.250. The topological polar surface area (TPSA) is 0 Å². The molecule has 0 aliphatic carbocycles. The Bertz CT molecular complexity index is 136. The predicted molar refractivity (Wildman–Crippen MR) is 169 cm³/mol. The van der Waals surface area contributed by atoms with Gasteiger partial charge < -0.3 is 0 Å². The number of hydrogen-bond donors (Lipinski definition) is 0. The molecule has 0 amide bonds. The number of rotatable bonds is 0. The Morgan fingerprint density at radius 1 is 0.552 bits per heavy atom. The van der Waals surface area contributed by atoms with Gasteiger partial charge in [0, 0.05) is 9.60 Å². The largest absolute Gasteiger partial charge is 0.120 e. The van der Waals surface area contributed by atoms with Crippen LogP contribution in [0.4, 0.5) is 0 Å². The van der Waals surface area contributed by atoms with Crippen LogP contribution in [0.15, 0.2) is 0 Å². The molecule has 0 aromatic rings. The van der Waals surface area contributed by atoms with Crippen molar-refractivity contribution in [2.45, 2.75) is 177 Å². The minimum absolute atomic E-state index is 0. The van der Waals surface area contributed by atoms with E-state index >= 15 is 0 Å². The fourth-order valence-corrected chi connectivity index (χ4v) is 0. The molecule has 202 valence electrons. The molecule has 0 N–H and O–H groups in total. The van der Waals surface area contributed by atoms with Gasteiger partial charge in [-0.25, -0.2) is 0 Å². The van der Waals surface area contributed by atoms with Gasteiger partial charge in [0.2, 0.25) is 0 Å². The second-order valence-corrected chi connectivity index (χ2v) is 1.28. The van der Waals surface area contributed by atoms with E-state index in [1.54, 1.807) is 48.5 Å². The van der Waals surface area contributed by atoms with Gasteiger partial charge in [0.1, 0.15) is 0 Å². The summed E-state index contributed by atoms with van der Waals surface area (Å²) in [6.45, 7) is 19.0. The van der Waals surface area contributed by atoms with Crippen LogP contribution < -0.4 is 0 Å². The van der Waals surface area contributed by atoms with E-state index in [9.17, 15) is 0 Å². The smallest absolute Gasteiger partial charge is 0.0228 e. The molecule has 0 heterocycles. The highest BCUT2D eigenvalue weighted by Crippen LogP contribution is 1.56. The van der Waals surface area contributed by atoms with E-state index in [4.69, 9.17) is 9.60 Å². The molecule has 0 fully saturated rings. The molecule has 0 aromatic carbocycles. The average Bonchev–Trinajstić information content (AvgIpc) is 2.53. The Hall–Kier alpha value is -0.880. The van der Waals surface area contributed by atoms with E-state index in [2.05, 4.69) is 38.5 Å². The lowest BCUT2D eigenvalue weighted by molar-refractivity contribution is 1.09. The lowest BCUT2D eigenvalue weighted by Gasteiger charge is -1.48. The van der Waals surface area contributed by atoms with Crippen molar-refractivity contribution < 1.29 is 9.60 Å².